The molecule has 0 spiro atoms. The fourth-order valence-corrected chi connectivity index (χ4v) is 2.48. The van der Waals surface area contributed by atoms with Gasteiger partial charge in [0, 0.05) is 31.9 Å². The quantitative estimate of drug-likeness (QED) is 0.481. The normalized spacial score (nSPS) is 17.0. The van der Waals surface area contributed by atoms with Gasteiger partial charge in [0.2, 0.25) is 0 Å². The van der Waals surface area contributed by atoms with E-state index in [1.807, 2.05) is 12.1 Å². The van der Waals surface area contributed by atoms with Gasteiger partial charge < -0.3 is 15.8 Å². The van der Waals surface area contributed by atoms with E-state index in [0.717, 1.165) is 51.5 Å². The average Bonchev–Trinajstić information content (AvgIpc) is 2.53. The molecule has 2 rings (SSSR count). The Bertz CT molecular complexity index is 481. The number of aliphatic imine (C=N–C) groups is 1. The van der Waals surface area contributed by atoms with Crippen LogP contribution in [-0.2, 0) is 4.74 Å². The minimum absolute atomic E-state index is 0.489. The highest BCUT2D eigenvalue weighted by atomic mass is 16.5. The number of hydrogen-bond donors (Lipinski definition) is 2. The summed E-state index contributed by atoms with van der Waals surface area (Å²) in [5, 5.41) is 3.17. The van der Waals surface area contributed by atoms with Crippen molar-refractivity contribution in [3.63, 3.8) is 0 Å². The fourth-order valence-electron chi connectivity index (χ4n) is 2.48. The first-order valence-electron chi connectivity index (χ1n) is 8.12. The molecule has 0 aliphatic carbocycles. The third-order valence-corrected chi connectivity index (χ3v) is 3.84. The van der Waals surface area contributed by atoms with Crippen molar-refractivity contribution in [1.82, 2.24) is 4.90 Å². The summed E-state index contributed by atoms with van der Waals surface area (Å²) in [5.74, 6) is 0.997. The second kappa shape index (κ2) is 8.76. The maximum absolute atomic E-state index is 5.96. The molecule has 1 aromatic carbocycles. The number of benzene rings is 1. The molecular formula is C17H28N4O. The molecule has 5 heteroatoms. The molecule has 1 aromatic rings. The van der Waals surface area contributed by atoms with Crippen LogP contribution in [0.4, 0.5) is 5.69 Å². The van der Waals surface area contributed by atoms with Crippen LogP contribution in [0.5, 0.6) is 0 Å². The Kier molecular flexibility index (Phi) is 6.68. The number of nitrogens with two attached hydrogens (primary N) is 1. The highest BCUT2D eigenvalue weighted by Gasteiger charge is 2.08. The van der Waals surface area contributed by atoms with E-state index in [1.54, 1.807) is 0 Å². The number of morpholine rings is 1. The first kappa shape index (κ1) is 16.8. The molecule has 0 radical (unpaired) electrons. The highest BCUT2D eigenvalue weighted by molar-refractivity contribution is 5.92. The van der Waals surface area contributed by atoms with Gasteiger partial charge in [0.1, 0.15) is 0 Å². The van der Waals surface area contributed by atoms with Crippen molar-refractivity contribution < 1.29 is 4.74 Å². The lowest BCUT2D eigenvalue weighted by atomic mass is 10.0. The molecule has 5 nitrogen and oxygen atoms in total. The molecule has 0 amide bonds. The Morgan fingerprint density at radius 1 is 1.36 bits per heavy atom. The summed E-state index contributed by atoms with van der Waals surface area (Å²) in [4.78, 5) is 6.82. The fraction of sp³-hybridized carbons (Fsp3) is 0.588. The third-order valence-electron chi connectivity index (χ3n) is 3.84. The molecule has 22 heavy (non-hydrogen) atoms. The predicted molar refractivity (Wildman–Crippen MR) is 92.5 cm³/mol. The van der Waals surface area contributed by atoms with Crippen molar-refractivity contribution in [2.45, 2.75) is 26.2 Å². The molecule has 3 N–H and O–H groups in total. The molecule has 1 heterocycles. The van der Waals surface area contributed by atoms with E-state index in [1.165, 1.54) is 5.56 Å². The van der Waals surface area contributed by atoms with E-state index in [2.05, 4.69) is 41.2 Å². The van der Waals surface area contributed by atoms with Gasteiger partial charge in [-0.25, -0.2) is 0 Å². The zero-order chi connectivity index (χ0) is 15.8. The Hall–Kier alpha value is -1.59. The molecule has 0 atom stereocenters. The van der Waals surface area contributed by atoms with E-state index in [0.29, 0.717) is 11.9 Å². The SMILES string of the molecule is CC(C)c1cccc(NC(N)=NCCCN2CCOCC2)c1. The van der Waals surface area contributed by atoms with Crippen LogP contribution < -0.4 is 11.1 Å². The van der Waals surface area contributed by atoms with Crippen LogP contribution in [0.1, 0.15) is 31.7 Å². The van der Waals surface area contributed by atoms with E-state index >= 15 is 0 Å². The molecule has 1 saturated heterocycles. The van der Waals surface area contributed by atoms with Gasteiger partial charge in [-0.15, -0.1) is 0 Å². The lowest BCUT2D eigenvalue weighted by Gasteiger charge is -2.26. The zero-order valence-corrected chi connectivity index (χ0v) is 13.7. The standard InChI is InChI=1S/C17H28N4O/c1-14(2)15-5-3-6-16(13-15)20-17(18)19-7-4-8-21-9-11-22-12-10-21/h3,5-6,13-14H,4,7-12H2,1-2H3,(H3,18,19,20). The summed E-state index contributed by atoms with van der Waals surface area (Å²) in [5.41, 5.74) is 8.25. The number of hydrogen-bond acceptors (Lipinski definition) is 3. The van der Waals surface area contributed by atoms with Crippen LogP contribution in [0.3, 0.4) is 0 Å². The molecule has 122 valence electrons. The summed E-state index contributed by atoms with van der Waals surface area (Å²) < 4.78 is 5.34. The number of guanidine groups is 1. The Balaban J connectivity index is 1.73. The van der Waals surface area contributed by atoms with Crippen molar-refractivity contribution in [1.29, 1.82) is 0 Å². The Morgan fingerprint density at radius 2 is 2.14 bits per heavy atom. The van der Waals surface area contributed by atoms with Crippen LogP contribution in [-0.4, -0.2) is 50.3 Å². The molecule has 0 bridgehead atoms. The first-order valence-corrected chi connectivity index (χ1v) is 8.12. The minimum atomic E-state index is 0.489. The van der Waals surface area contributed by atoms with Gasteiger partial charge in [-0.2, -0.15) is 0 Å². The summed E-state index contributed by atoms with van der Waals surface area (Å²) >= 11 is 0. The van der Waals surface area contributed by atoms with Crippen LogP contribution in [0.2, 0.25) is 0 Å². The molecule has 0 saturated carbocycles. The average molecular weight is 304 g/mol. The molecule has 0 aromatic heterocycles. The second-order valence-corrected chi connectivity index (χ2v) is 5.98. The van der Waals surface area contributed by atoms with Gasteiger partial charge in [-0.1, -0.05) is 26.0 Å². The van der Waals surface area contributed by atoms with Crippen LogP contribution in [0.25, 0.3) is 0 Å². The summed E-state index contributed by atoms with van der Waals surface area (Å²) in [6.45, 7) is 9.92. The van der Waals surface area contributed by atoms with Crippen molar-refractivity contribution >= 4 is 11.6 Å². The Morgan fingerprint density at radius 3 is 2.86 bits per heavy atom. The van der Waals surface area contributed by atoms with E-state index in [9.17, 15) is 0 Å². The molecule has 1 aliphatic rings. The number of ether oxygens (including phenoxy) is 1. The van der Waals surface area contributed by atoms with Gasteiger partial charge in [0.05, 0.1) is 13.2 Å². The van der Waals surface area contributed by atoms with E-state index in [4.69, 9.17) is 10.5 Å². The summed E-state index contributed by atoms with van der Waals surface area (Å²) in [6, 6.07) is 8.32. The zero-order valence-electron chi connectivity index (χ0n) is 13.7. The summed E-state index contributed by atoms with van der Waals surface area (Å²) in [7, 11) is 0. The topological polar surface area (TPSA) is 62.9 Å². The number of anilines is 1. The third kappa shape index (κ3) is 5.66. The highest BCUT2D eigenvalue weighted by Crippen LogP contribution is 2.18. The summed E-state index contributed by atoms with van der Waals surface area (Å²) in [6.07, 6.45) is 1.02. The van der Waals surface area contributed by atoms with Crippen LogP contribution >= 0.6 is 0 Å². The van der Waals surface area contributed by atoms with Gasteiger partial charge in [-0.3, -0.25) is 9.89 Å². The van der Waals surface area contributed by atoms with E-state index in [-0.39, 0.29) is 0 Å². The molecule has 1 fully saturated rings. The van der Waals surface area contributed by atoms with Crippen LogP contribution in [0.15, 0.2) is 29.3 Å². The number of nitrogens with one attached hydrogen (secondary N) is 1. The van der Waals surface area contributed by atoms with Crippen molar-refractivity contribution in [2.24, 2.45) is 10.7 Å². The van der Waals surface area contributed by atoms with Gasteiger partial charge in [0.15, 0.2) is 5.96 Å². The molecular weight excluding hydrogens is 276 g/mol. The minimum Gasteiger partial charge on any atom is -0.379 e. The first-order chi connectivity index (χ1) is 10.6. The van der Waals surface area contributed by atoms with Gasteiger partial charge in [0.25, 0.3) is 0 Å². The number of rotatable bonds is 6. The van der Waals surface area contributed by atoms with Crippen molar-refractivity contribution in [3.8, 4) is 0 Å². The van der Waals surface area contributed by atoms with Gasteiger partial charge >= 0.3 is 0 Å². The lowest BCUT2D eigenvalue weighted by Crippen LogP contribution is -2.37. The van der Waals surface area contributed by atoms with Crippen molar-refractivity contribution in [3.05, 3.63) is 29.8 Å². The second-order valence-electron chi connectivity index (χ2n) is 5.98. The van der Waals surface area contributed by atoms with Gasteiger partial charge in [-0.05, 0) is 30.0 Å². The lowest BCUT2D eigenvalue weighted by molar-refractivity contribution is 0.0377. The van der Waals surface area contributed by atoms with Crippen molar-refractivity contribution in [2.75, 3.05) is 44.7 Å². The monoisotopic (exact) mass is 304 g/mol. The molecule has 0 unspecified atom stereocenters. The van der Waals surface area contributed by atoms with E-state index < -0.39 is 0 Å². The largest absolute Gasteiger partial charge is 0.379 e. The Labute approximate surface area is 133 Å². The number of nitrogens with zero attached hydrogens (tertiary/aromatic N) is 2. The smallest absolute Gasteiger partial charge is 0.193 e. The maximum Gasteiger partial charge on any atom is 0.193 e. The maximum atomic E-state index is 5.96. The van der Waals surface area contributed by atoms with Crippen LogP contribution in [0, 0.1) is 0 Å². The predicted octanol–water partition coefficient (Wildman–Crippen LogP) is 2.26. The molecule has 1 aliphatic heterocycles.